The van der Waals surface area contributed by atoms with Crippen molar-refractivity contribution in [2.75, 3.05) is 5.32 Å². The number of amides is 1. The van der Waals surface area contributed by atoms with E-state index in [9.17, 15) is 38.4 Å². The number of nitro groups is 1. The monoisotopic (exact) mass is 391 g/mol. The standard InChI is InChI=1S/C18H12F3N3O4/c1-10-8-13(24(27)28)6-7-15(10)23-17(26)14(9-22)16(25)11-2-4-12(5-3-11)18(19,20)21/h2-8,25H,1H3,(H,23,26)/b16-14-. The first-order valence-electron chi connectivity index (χ1n) is 7.62. The Morgan fingerprint density at radius 2 is 1.82 bits per heavy atom. The molecule has 0 unspecified atom stereocenters. The highest BCUT2D eigenvalue weighted by atomic mass is 19.4. The number of nitrogens with zero attached hydrogens (tertiary/aromatic N) is 2. The van der Waals surface area contributed by atoms with E-state index in [1.54, 1.807) is 0 Å². The number of alkyl halides is 3. The Balaban J connectivity index is 2.32. The van der Waals surface area contributed by atoms with E-state index in [4.69, 9.17) is 0 Å². The zero-order valence-electron chi connectivity index (χ0n) is 14.2. The molecule has 0 heterocycles. The van der Waals surface area contributed by atoms with Crippen molar-refractivity contribution in [3.05, 3.63) is 74.8 Å². The Morgan fingerprint density at radius 3 is 2.29 bits per heavy atom. The van der Waals surface area contributed by atoms with Crippen LogP contribution in [0.4, 0.5) is 24.5 Å². The number of benzene rings is 2. The van der Waals surface area contributed by atoms with Gasteiger partial charge < -0.3 is 10.4 Å². The highest BCUT2D eigenvalue weighted by molar-refractivity contribution is 6.11. The summed E-state index contributed by atoms with van der Waals surface area (Å²) < 4.78 is 37.8. The molecule has 1 amide bonds. The van der Waals surface area contributed by atoms with Crippen molar-refractivity contribution in [1.29, 1.82) is 5.26 Å². The summed E-state index contributed by atoms with van der Waals surface area (Å²) in [5.74, 6) is -1.81. The quantitative estimate of drug-likeness (QED) is 0.264. The Bertz CT molecular complexity index is 1010. The van der Waals surface area contributed by atoms with Crippen LogP contribution in [0.1, 0.15) is 16.7 Å². The fraction of sp³-hybridized carbons (Fsp3) is 0.111. The molecule has 2 aromatic rings. The average molecular weight is 391 g/mol. The molecular formula is C18H12F3N3O4. The van der Waals surface area contributed by atoms with Gasteiger partial charge >= 0.3 is 6.18 Å². The maximum absolute atomic E-state index is 12.6. The van der Waals surface area contributed by atoms with Gasteiger partial charge in [0.05, 0.1) is 10.5 Å². The number of nitrogens with one attached hydrogen (secondary N) is 1. The summed E-state index contributed by atoms with van der Waals surface area (Å²) >= 11 is 0. The number of carbonyl (C=O) groups excluding carboxylic acids is 1. The van der Waals surface area contributed by atoms with E-state index in [1.165, 1.54) is 25.1 Å². The first-order chi connectivity index (χ1) is 13.0. The lowest BCUT2D eigenvalue weighted by atomic mass is 10.1. The van der Waals surface area contributed by atoms with Crippen molar-refractivity contribution >= 4 is 23.0 Å². The van der Waals surface area contributed by atoms with Crippen molar-refractivity contribution in [1.82, 2.24) is 0 Å². The number of halogens is 3. The number of hydrogen-bond donors (Lipinski definition) is 2. The molecule has 144 valence electrons. The van der Waals surface area contributed by atoms with Crippen LogP contribution in [0.5, 0.6) is 0 Å². The largest absolute Gasteiger partial charge is 0.506 e. The molecule has 2 rings (SSSR count). The van der Waals surface area contributed by atoms with E-state index in [2.05, 4.69) is 5.32 Å². The number of nitro benzene ring substituents is 1. The third-order valence-electron chi connectivity index (χ3n) is 3.73. The molecule has 0 aliphatic heterocycles. The minimum absolute atomic E-state index is 0.153. The fourth-order valence-corrected chi connectivity index (χ4v) is 2.26. The molecule has 0 aliphatic rings. The average Bonchev–Trinajstić information content (AvgIpc) is 2.63. The minimum Gasteiger partial charge on any atom is -0.506 e. The van der Waals surface area contributed by atoms with Crippen LogP contribution in [0.2, 0.25) is 0 Å². The topological polar surface area (TPSA) is 116 Å². The number of aliphatic hydroxyl groups excluding tert-OH is 1. The smallest absolute Gasteiger partial charge is 0.416 e. The predicted molar refractivity (Wildman–Crippen MR) is 93.1 cm³/mol. The first-order valence-corrected chi connectivity index (χ1v) is 7.62. The van der Waals surface area contributed by atoms with Gasteiger partial charge in [0.25, 0.3) is 11.6 Å². The summed E-state index contributed by atoms with van der Waals surface area (Å²) in [5.41, 5.74) is -1.51. The molecule has 0 aliphatic carbocycles. The highest BCUT2D eigenvalue weighted by Gasteiger charge is 2.30. The number of carbonyl (C=O) groups is 1. The number of hydrogen-bond acceptors (Lipinski definition) is 5. The third-order valence-corrected chi connectivity index (χ3v) is 3.73. The third kappa shape index (κ3) is 4.45. The Kier molecular flexibility index (Phi) is 5.69. The van der Waals surface area contributed by atoms with Crippen molar-refractivity contribution in [3.63, 3.8) is 0 Å². The van der Waals surface area contributed by atoms with Crippen LogP contribution in [0.3, 0.4) is 0 Å². The molecule has 0 spiro atoms. The predicted octanol–water partition coefficient (Wildman–Crippen LogP) is 4.35. The van der Waals surface area contributed by atoms with Crippen molar-refractivity contribution < 1.29 is 28.0 Å². The van der Waals surface area contributed by atoms with Gasteiger partial charge in [-0.2, -0.15) is 18.4 Å². The van der Waals surface area contributed by atoms with Gasteiger partial charge in [0, 0.05) is 23.4 Å². The van der Waals surface area contributed by atoms with Crippen LogP contribution in [0, 0.1) is 28.4 Å². The second-order valence-corrected chi connectivity index (χ2v) is 5.62. The number of non-ortho nitro benzene ring substituents is 1. The SMILES string of the molecule is Cc1cc([N+](=O)[O-])ccc1NC(=O)/C(C#N)=C(\O)c1ccc(C(F)(F)F)cc1. The molecule has 0 aromatic heterocycles. The number of nitriles is 1. The molecule has 0 radical (unpaired) electrons. The normalized spacial score (nSPS) is 12.0. The van der Waals surface area contributed by atoms with E-state index in [-0.39, 0.29) is 16.9 Å². The van der Waals surface area contributed by atoms with Gasteiger partial charge in [0.1, 0.15) is 11.8 Å². The zero-order chi connectivity index (χ0) is 21.1. The second kappa shape index (κ2) is 7.79. The highest BCUT2D eigenvalue weighted by Crippen LogP contribution is 2.30. The molecule has 0 bridgehead atoms. The van der Waals surface area contributed by atoms with Gasteiger partial charge in [-0.25, -0.2) is 0 Å². The maximum atomic E-state index is 12.6. The molecule has 28 heavy (non-hydrogen) atoms. The van der Waals surface area contributed by atoms with Crippen LogP contribution in [0.15, 0.2) is 48.0 Å². The molecular weight excluding hydrogens is 379 g/mol. The molecule has 0 saturated heterocycles. The number of anilines is 1. The van der Waals surface area contributed by atoms with Crippen LogP contribution in [-0.4, -0.2) is 15.9 Å². The summed E-state index contributed by atoms with van der Waals surface area (Å²) in [4.78, 5) is 22.4. The number of aliphatic hydroxyl groups is 1. The lowest BCUT2D eigenvalue weighted by molar-refractivity contribution is -0.384. The van der Waals surface area contributed by atoms with Crippen molar-refractivity contribution in [2.45, 2.75) is 13.1 Å². The number of aryl methyl sites for hydroxylation is 1. The summed E-state index contributed by atoms with van der Waals surface area (Å²) in [5, 5.41) is 32.4. The van der Waals surface area contributed by atoms with Crippen molar-refractivity contribution in [2.24, 2.45) is 0 Å². The van der Waals surface area contributed by atoms with Gasteiger partial charge in [-0.1, -0.05) is 12.1 Å². The second-order valence-electron chi connectivity index (χ2n) is 5.62. The molecule has 0 fully saturated rings. The summed E-state index contributed by atoms with van der Waals surface area (Å²) in [6, 6.07) is 8.39. The van der Waals surface area contributed by atoms with Crippen LogP contribution >= 0.6 is 0 Å². The maximum Gasteiger partial charge on any atom is 0.416 e. The van der Waals surface area contributed by atoms with E-state index >= 15 is 0 Å². The lowest BCUT2D eigenvalue weighted by Crippen LogP contribution is -2.16. The van der Waals surface area contributed by atoms with E-state index < -0.39 is 33.9 Å². The molecule has 7 nitrogen and oxygen atoms in total. The van der Waals surface area contributed by atoms with Gasteiger partial charge in [0.15, 0.2) is 5.57 Å². The van der Waals surface area contributed by atoms with Crippen LogP contribution in [0.25, 0.3) is 5.76 Å². The first kappa shape index (κ1) is 20.4. The van der Waals surface area contributed by atoms with Gasteiger partial charge in [-0.3, -0.25) is 14.9 Å². The molecule has 10 heteroatoms. The molecule has 0 atom stereocenters. The molecule has 2 aromatic carbocycles. The lowest BCUT2D eigenvalue weighted by Gasteiger charge is -2.10. The van der Waals surface area contributed by atoms with Crippen molar-refractivity contribution in [3.8, 4) is 6.07 Å². The molecule has 0 saturated carbocycles. The minimum atomic E-state index is -4.57. The zero-order valence-corrected chi connectivity index (χ0v) is 14.2. The number of rotatable bonds is 4. The van der Waals surface area contributed by atoms with E-state index in [0.29, 0.717) is 17.7 Å². The van der Waals surface area contributed by atoms with Gasteiger partial charge in [-0.15, -0.1) is 0 Å². The van der Waals surface area contributed by atoms with E-state index in [0.717, 1.165) is 18.2 Å². The Morgan fingerprint density at radius 1 is 1.21 bits per heavy atom. The summed E-state index contributed by atoms with van der Waals surface area (Å²) in [6.45, 7) is 1.49. The Hall–Kier alpha value is -3.87. The Labute approximate surface area is 156 Å². The van der Waals surface area contributed by atoms with Gasteiger partial charge in [0.2, 0.25) is 0 Å². The summed E-state index contributed by atoms with van der Waals surface area (Å²) in [6.07, 6.45) is -4.57. The van der Waals surface area contributed by atoms with Gasteiger partial charge in [-0.05, 0) is 30.7 Å². The van der Waals surface area contributed by atoms with Crippen LogP contribution < -0.4 is 5.32 Å². The molecule has 2 N–H and O–H groups in total. The fourth-order valence-electron chi connectivity index (χ4n) is 2.26. The van der Waals surface area contributed by atoms with Crippen LogP contribution in [-0.2, 0) is 11.0 Å². The van der Waals surface area contributed by atoms with E-state index in [1.807, 2.05) is 0 Å². The summed E-state index contributed by atoms with van der Waals surface area (Å²) in [7, 11) is 0.